The molecule has 1 aromatic carbocycles. The minimum absolute atomic E-state index is 0.776. The summed E-state index contributed by atoms with van der Waals surface area (Å²) in [5, 5.41) is 3.39. The number of fused-ring (bicyclic) bond motifs is 1. The summed E-state index contributed by atoms with van der Waals surface area (Å²) >= 11 is 0. The van der Waals surface area contributed by atoms with Crippen molar-refractivity contribution in [1.29, 1.82) is 0 Å². The summed E-state index contributed by atoms with van der Waals surface area (Å²) in [4.78, 5) is 2.53. The summed E-state index contributed by atoms with van der Waals surface area (Å²) in [6, 6.07) is 6.64. The van der Waals surface area contributed by atoms with E-state index in [0.29, 0.717) is 0 Å². The number of nitrogens with one attached hydrogen (secondary N) is 1. The van der Waals surface area contributed by atoms with Crippen LogP contribution in [0.5, 0.6) is 5.75 Å². The fraction of sp³-hybridized carbons (Fsp3) is 0.571. The number of ether oxygens (including phenoxy) is 1. The number of likely N-dealkylation sites (tertiary alicyclic amines) is 1. The zero-order valence-corrected chi connectivity index (χ0v) is 10.2. The van der Waals surface area contributed by atoms with Crippen molar-refractivity contribution < 1.29 is 4.74 Å². The van der Waals surface area contributed by atoms with E-state index in [9.17, 15) is 0 Å². The standard InChI is InChI=1S/C14H20N2O/c1-2-7-16(6-1)11-12-3-4-14-13(9-12)10-15-5-8-17-14/h3-4,9,15H,1-2,5-8,10-11H2. The second-order valence-corrected chi connectivity index (χ2v) is 4.95. The third-order valence-corrected chi connectivity index (χ3v) is 3.58. The first-order valence-corrected chi connectivity index (χ1v) is 6.59. The smallest absolute Gasteiger partial charge is 0.123 e. The van der Waals surface area contributed by atoms with Crippen LogP contribution in [0.4, 0.5) is 0 Å². The van der Waals surface area contributed by atoms with Crippen molar-refractivity contribution in [1.82, 2.24) is 10.2 Å². The Kier molecular flexibility index (Phi) is 3.29. The Morgan fingerprint density at radius 3 is 3.00 bits per heavy atom. The van der Waals surface area contributed by atoms with Gasteiger partial charge in [0.1, 0.15) is 12.4 Å². The van der Waals surface area contributed by atoms with Crippen molar-refractivity contribution in [3.05, 3.63) is 29.3 Å². The maximum atomic E-state index is 5.70. The Balaban J connectivity index is 1.74. The third-order valence-electron chi connectivity index (χ3n) is 3.58. The molecule has 0 bridgehead atoms. The fourth-order valence-corrected chi connectivity index (χ4v) is 2.67. The van der Waals surface area contributed by atoms with Crippen molar-refractivity contribution in [2.45, 2.75) is 25.9 Å². The molecule has 2 heterocycles. The van der Waals surface area contributed by atoms with E-state index in [-0.39, 0.29) is 0 Å². The first kappa shape index (κ1) is 11.1. The van der Waals surface area contributed by atoms with Crippen LogP contribution in [0.3, 0.4) is 0 Å². The second-order valence-electron chi connectivity index (χ2n) is 4.95. The van der Waals surface area contributed by atoms with Crippen molar-refractivity contribution in [3.63, 3.8) is 0 Å². The Labute approximate surface area is 103 Å². The molecule has 1 N–H and O–H groups in total. The monoisotopic (exact) mass is 232 g/mol. The highest BCUT2D eigenvalue weighted by molar-refractivity contribution is 5.37. The molecule has 2 aliphatic heterocycles. The van der Waals surface area contributed by atoms with Crippen LogP contribution in [0, 0.1) is 0 Å². The van der Waals surface area contributed by atoms with Gasteiger partial charge in [-0.25, -0.2) is 0 Å². The molecule has 0 radical (unpaired) electrons. The highest BCUT2D eigenvalue weighted by Crippen LogP contribution is 2.23. The molecule has 1 saturated heterocycles. The van der Waals surface area contributed by atoms with Crippen LogP contribution in [0.2, 0.25) is 0 Å². The lowest BCUT2D eigenvalue weighted by atomic mass is 10.1. The lowest BCUT2D eigenvalue weighted by molar-refractivity contribution is 0.323. The van der Waals surface area contributed by atoms with Crippen molar-refractivity contribution >= 4 is 0 Å². The maximum Gasteiger partial charge on any atom is 0.123 e. The van der Waals surface area contributed by atoms with Crippen LogP contribution in [-0.2, 0) is 13.1 Å². The molecule has 0 atom stereocenters. The molecule has 1 aromatic rings. The van der Waals surface area contributed by atoms with Crippen molar-refractivity contribution in [2.75, 3.05) is 26.2 Å². The highest BCUT2D eigenvalue weighted by Gasteiger charge is 2.13. The molecular weight excluding hydrogens is 212 g/mol. The summed E-state index contributed by atoms with van der Waals surface area (Å²) in [7, 11) is 0. The average Bonchev–Trinajstić information content (AvgIpc) is 2.73. The summed E-state index contributed by atoms with van der Waals surface area (Å²) in [5.41, 5.74) is 2.72. The molecule has 92 valence electrons. The highest BCUT2D eigenvalue weighted by atomic mass is 16.5. The first-order chi connectivity index (χ1) is 8.42. The molecule has 3 nitrogen and oxygen atoms in total. The van der Waals surface area contributed by atoms with Crippen LogP contribution in [0.15, 0.2) is 18.2 Å². The van der Waals surface area contributed by atoms with Gasteiger partial charge in [-0.3, -0.25) is 4.90 Å². The molecule has 0 unspecified atom stereocenters. The van der Waals surface area contributed by atoms with Gasteiger partial charge in [0.25, 0.3) is 0 Å². The number of benzene rings is 1. The van der Waals surface area contributed by atoms with Gasteiger partial charge in [0.2, 0.25) is 0 Å². The van der Waals surface area contributed by atoms with Crippen molar-refractivity contribution in [2.24, 2.45) is 0 Å². The van der Waals surface area contributed by atoms with E-state index in [0.717, 1.165) is 32.0 Å². The Bertz CT molecular complexity index is 386. The summed E-state index contributed by atoms with van der Waals surface area (Å²) < 4.78 is 5.70. The Hall–Kier alpha value is -1.06. The van der Waals surface area contributed by atoms with Crippen molar-refractivity contribution in [3.8, 4) is 5.75 Å². The molecule has 0 saturated carbocycles. The maximum absolute atomic E-state index is 5.70. The van der Waals surface area contributed by atoms with Gasteiger partial charge in [-0.15, -0.1) is 0 Å². The van der Waals surface area contributed by atoms with Gasteiger partial charge in [0.05, 0.1) is 0 Å². The van der Waals surface area contributed by atoms with E-state index in [4.69, 9.17) is 4.74 Å². The lowest BCUT2D eigenvalue weighted by Crippen LogP contribution is -2.18. The Morgan fingerprint density at radius 1 is 1.24 bits per heavy atom. The van der Waals surface area contributed by atoms with Gasteiger partial charge in [0, 0.05) is 25.2 Å². The Morgan fingerprint density at radius 2 is 2.12 bits per heavy atom. The van der Waals surface area contributed by atoms with Gasteiger partial charge >= 0.3 is 0 Å². The molecule has 17 heavy (non-hydrogen) atoms. The summed E-state index contributed by atoms with van der Waals surface area (Å²) in [6.45, 7) is 6.25. The molecule has 0 aliphatic carbocycles. The summed E-state index contributed by atoms with van der Waals surface area (Å²) in [5.74, 6) is 1.06. The van der Waals surface area contributed by atoms with Gasteiger partial charge in [-0.2, -0.15) is 0 Å². The summed E-state index contributed by atoms with van der Waals surface area (Å²) in [6.07, 6.45) is 2.71. The largest absolute Gasteiger partial charge is 0.492 e. The molecule has 0 amide bonds. The van der Waals surface area contributed by atoms with Crippen LogP contribution in [0.25, 0.3) is 0 Å². The molecular formula is C14H20N2O. The predicted molar refractivity (Wildman–Crippen MR) is 68.2 cm³/mol. The SMILES string of the molecule is c1cc2c(cc1CN1CCCC1)CNCCO2. The zero-order valence-electron chi connectivity index (χ0n) is 10.2. The number of rotatable bonds is 2. The van der Waals surface area contributed by atoms with E-state index in [1.807, 2.05) is 0 Å². The lowest BCUT2D eigenvalue weighted by Gasteiger charge is -2.16. The van der Waals surface area contributed by atoms with Crippen LogP contribution in [0.1, 0.15) is 24.0 Å². The fourth-order valence-electron chi connectivity index (χ4n) is 2.67. The van der Waals surface area contributed by atoms with Crippen LogP contribution in [-0.4, -0.2) is 31.1 Å². The van der Waals surface area contributed by atoms with Gasteiger partial charge < -0.3 is 10.1 Å². The van der Waals surface area contributed by atoms with Crippen LogP contribution >= 0.6 is 0 Å². The molecule has 2 aliphatic rings. The van der Waals surface area contributed by atoms with E-state index < -0.39 is 0 Å². The minimum atomic E-state index is 0.776. The molecule has 3 heteroatoms. The molecule has 1 fully saturated rings. The number of nitrogens with zero attached hydrogens (tertiary/aromatic N) is 1. The van der Waals surface area contributed by atoms with E-state index in [1.165, 1.54) is 37.1 Å². The van der Waals surface area contributed by atoms with Crippen LogP contribution < -0.4 is 10.1 Å². The molecule has 3 rings (SSSR count). The van der Waals surface area contributed by atoms with E-state index >= 15 is 0 Å². The predicted octanol–water partition coefficient (Wildman–Crippen LogP) is 1.76. The topological polar surface area (TPSA) is 24.5 Å². The zero-order chi connectivity index (χ0) is 11.5. The molecule has 0 aromatic heterocycles. The normalized spacial score (nSPS) is 20.7. The second kappa shape index (κ2) is 5.07. The third kappa shape index (κ3) is 2.61. The van der Waals surface area contributed by atoms with Gasteiger partial charge in [-0.05, 0) is 43.6 Å². The first-order valence-electron chi connectivity index (χ1n) is 6.59. The number of hydrogen-bond donors (Lipinski definition) is 1. The van der Waals surface area contributed by atoms with E-state index in [1.54, 1.807) is 0 Å². The van der Waals surface area contributed by atoms with Gasteiger partial charge in [-0.1, -0.05) is 6.07 Å². The minimum Gasteiger partial charge on any atom is -0.492 e. The van der Waals surface area contributed by atoms with E-state index in [2.05, 4.69) is 28.4 Å². The molecule has 0 spiro atoms. The average molecular weight is 232 g/mol. The number of hydrogen-bond acceptors (Lipinski definition) is 3. The van der Waals surface area contributed by atoms with Gasteiger partial charge in [0.15, 0.2) is 0 Å². The quantitative estimate of drug-likeness (QED) is 0.841.